The monoisotopic (exact) mass is 334 g/mol. The molecule has 0 aliphatic carbocycles. The van der Waals surface area contributed by atoms with Crippen LogP contribution in [0.3, 0.4) is 0 Å². The van der Waals surface area contributed by atoms with Crippen LogP contribution in [0.2, 0.25) is 0 Å². The van der Waals surface area contributed by atoms with Crippen molar-refractivity contribution in [2.75, 3.05) is 12.4 Å². The summed E-state index contributed by atoms with van der Waals surface area (Å²) >= 11 is 6.57. The molecule has 0 amide bonds. The molecule has 1 aromatic carbocycles. The van der Waals surface area contributed by atoms with Crippen molar-refractivity contribution in [1.29, 1.82) is 0 Å². The van der Waals surface area contributed by atoms with Gasteiger partial charge in [0.25, 0.3) is 0 Å². The van der Waals surface area contributed by atoms with E-state index in [2.05, 4.69) is 31.9 Å². The van der Waals surface area contributed by atoms with Crippen molar-refractivity contribution in [3.8, 4) is 5.75 Å². The molecule has 0 aliphatic heterocycles. The molecule has 82 valence electrons. The van der Waals surface area contributed by atoms with Crippen molar-refractivity contribution in [2.45, 2.75) is 11.8 Å². The molecule has 0 unspecified atom stereocenters. The molecule has 0 aromatic heterocycles. The summed E-state index contributed by atoms with van der Waals surface area (Å²) in [7, 11) is 1.64. The maximum Gasteiger partial charge on any atom is 0.147 e. The minimum absolute atomic E-state index is 0.172. The minimum atomic E-state index is 0.172. The van der Waals surface area contributed by atoms with E-state index in [0.717, 1.165) is 16.9 Å². The fraction of sp³-hybridized carbons (Fsp3) is 0.364. The lowest BCUT2D eigenvalue weighted by atomic mass is 10.0. The number of methoxy groups -OCH3 is 1. The lowest BCUT2D eigenvalue weighted by Gasteiger charge is -2.10. The van der Waals surface area contributed by atoms with E-state index in [4.69, 9.17) is 4.74 Å². The van der Waals surface area contributed by atoms with Crippen LogP contribution in [0, 0.1) is 0 Å². The van der Waals surface area contributed by atoms with Gasteiger partial charge in [-0.05, 0) is 11.6 Å². The van der Waals surface area contributed by atoms with Gasteiger partial charge in [-0.15, -0.1) is 0 Å². The van der Waals surface area contributed by atoms with Gasteiger partial charge in [0.2, 0.25) is 0 Å². The number of hydrogen-bond donors (Lipinski definition) is 0. The van der Waals surface area contributed by atoms with Crippen LogP contribution in [0.15, 0.2) is 18.2 Å². The van der Waals surface area contributed by atoms with Gasteiger partial charge in [-0.25, -0.2) is 0 Å². The Hall–Kier alpha value is -0.350. The van der Waals surface area contributed by atoms with Crippen LogP contribution < -0.4 is 4.74 Å². The van der Waals surface area contributed by atoms with Gasteiger partial charge in [0, 0.05) is 17.3 Å². The summed E-state index contributed by atoms with van der Waals surface area (Å²) in [4.78, 5) is 11.3. The molecule has 0 heterocycles. The van der Waals surface area contributed by atoms with Crippen molar-refractivity contribution in [1.82, 2.24) is 0 Å². The third-order valence-electron chi connectivity index (χ3n) is 2.12. The summed E-state index contributed by atoms with van der Waals surface area (Å²) in [5, 5.41) is 1.09. The first-order chi connectivity index (χ1) is 7.22. The molecule has 1 rings (SSSR count). The zero-order chi connectivity index (χ0) is 11.3. The maximum atomic E-state index is 11.3. The van der Waals surface area contributed by atoms with E-state index in [1.54, 1.807) is 7.11 Å². The van der Waals surface area contributed by atoms with E-state index >= 15 is 0 Å². The third-order valence-corrected chi connectivity index (χ3v) is 3.31. The van der Waals surface area contributed by atoms with E-state index in [1.165, 1.54) is 0 Å². The molecule has 0 bridgehead atoms. The van der Waals surface area contributed by atoms with Crippen LogP contribution in [-0.2, 0) is 16.5 Å². The zero-order valence-electron chi connectivity index (χ0n) is 8.43. The summed E-state index contributed by atoms with van der Waals surface area (Å²) in [5.74, 6) is 0.997. The molecular weight excluding hydrogens is 324 g/mol. The second kappa shape index (κ2) is 6.28. The van der Waals surface area contributed by atoms with Gasteiger partial charge >= 0.3 is 0 Å². The predicted molar refractivity (Wildman–Crippen MR) is 68.1 cm³/mol. The second-order valence-electron chi connectivity index (χ2n) is 3.08. The highest BCUT2D eigenvalue weighted by atomic mass is 79.9. The van der Waals surface area contributed by atoms with Gasteiger partial charge in [0.15, 0.2) is 0 Å². The molecule has 0 atom stereocenters. The Bertz CT molecular complexity index is 350. The number of ether oxygens (including phenoxy) is 1. The van der Waals surface area contributed by atoms with Gasteiger partial charge in [-0.3, -0.25) is 4.79 Å². The average molecular weight is 336 g/mol. The van der Waals surface area contributed by atoms with Gasteiger partial charge in [-0.1, -0.05) is 44.0 Å². The van der Waals surface area contributed by atoms with Crippen LogP contribution in [0.25, 0.3) is 0 Å². The fourth-order valence-corrected chi connectivity index (χ4v) is 2.21. The molecule has 1 aromatic rings. The Morgan fingerprint density at radius 2 is 2.13 bits per heavy atom. The predicted octanol–water partition coefficient (Wildman–Crippen LogP) is 3.10. The normalized spacial score (nSPS) is 10.1. The number of benzene rings is 1. The number of alkyl halides is 2. The molecule has 0 spiro atoms. The number of rotatable bonds is 5. The van der Waals surface area contributed by atoms with E-state index in [9.17, 15) is 4.79 Å². The standard InChI is InChI=1S/C11H12Br2O2/c1-15-11-4-2-3-8(10(11)7-13)5-9(14)6-12/h2-4H,5-7H2,1H3. The zero-order valence-corrected chi connectivity index (χ0v) is 11.6. The number of carbonyl (C=O) groups excluding carboxylic acids is 1. The summed E-state index contributed by atoms with van der Waals surface area (Å²) in [6, 6.07) is 5.76. The second-order valence-corrected chi connectivity index (χ2v) is 4.20. The van der Waals surface area contributed by atoms with Crippen LogP contribution >= 0.6 is 31.9 Å². The smallest absolute Gasteiger partial charge is 0.147 e. The summed E-state index contributed by atoms with van der Waals surface area (Å²) in [5.41, 5.74) is 2.07. The van der Waals surface area contributed by atoms with E-state index in [0.29, 0.717) is 17.1 Å². The molecule has 0 saturated carbocycles. The molecule has 0 radical (unpaired) electrons. The van der Waals surface area contributed by atoms with Crippen LogP contribution in [0.4, 0.5) is 0 Å². The Balaban J connectivity index is 3.00. The highest BCUT2D eigenvalue weighted by molar-refractivity contribution is 9.09. The maximum absolute atomic E-state index is 11.3. The molecule has 4 heteroatoms. The minimum Gasteiger partial charge on any atom is -0.496 e. The lowest BCUT2D eigenvalue weighted by Crippen LogP contribution is -2.06. The number of hydrogen-bond acceptors (Lipinski definition) is 2. The number of Topliss-reactive ketones (excluding diaryl/α,β-unsaturated/α-hetero) is 1. The van der Waals surface area contributed by atoms with Crippen LogP contribution in [0.1, 0.15) is 11.1 Å². The molecule has 0 saturated heterocycles. The summed E-state index contributed by atoms with van der Waals surface area (Å²) in [6.07, 6.45) is 0.448. The van der Waals surface area contributed by atoms with Crippen LogP contribution in [-0.4, -0.2) is 18.2 Å². The first-order valence-electron chi connectivity index (χ1n) is 4.51. The molecule has 0 fully saturated rings. The quantitative estimate of drug-likeness (QED) is 0.773. The Morgan fingerprint density at radius 1 is 1.40 bits per heavy atom. The third kappa shape index (κ3) is 3.31. The lowest BCUT2D eigenvalue weighted by molar-refractivity contribution is -0.115. The molecular formula is C11H12Br2O2. The van der Waals surface area contributed by atoms with E-state index in [1.807, 2.05) is 18.2 Å². The molecule has 15 heavy (non-hydrogen) atoms. The summed E-state index contributed by atoms with van der Waals surface area (Å²) in [6.45, 7) is 0. The van der Waals surface area contributed by atoms with Gasteiger partial charge in [0.1, 0.15) is 11.5 Å². The number of halogens is 2. The molecule has 2 nitrogen and oxygen atoms in total. The first-order valence-corrected chi connectivity index (χ1v) is 6.75. The number of ketones is 1. The SMILES string of the molecule is COc1cccc(CC(=O)CBr)c1CBr. The van der Waals surface area contributed by atoms with Crippen LogP contribution in [0.5, 0.6) is 5.75 Å². The molecule has 0 N–H and O–H groups in total. The van der Waals surface area contributed by atoms with E-state index in [-0.39, 0.29) is 5.78 Å². The van der Waals surface area contributed by atoms with Crippen molar-refractivity contribution in [2.24, 2.45) is 0 Å². The first kappa shape index (κ1) is 12.7. The Labute approximate surface area is 106 Å². The topological polar surface area (TPSA) is 26.3 Å². The fourth-order valence-electron chi connectivity index (χ4n) is 1.38. The van der Waals surface area contributed by atoms with Crippen molar-refractivity contribution < 1.29 is 9.53 Å². The molecule has 0 aliphatic rings. The number of carbonyl (C=O) groups is 1. The van der Waals surface area contributed by atoms with Gasteiger partial charge < -0.3 is 4.74 Å². The van der Waals surface area contributed by atoms with Gasteiger partial charge in [-0.2, -0.15) is 0 Å². The average Bonchev–Trinajstić information content (AvgIpc) is 2.28. The Kier molecular flexibility index (Phi) is 5.32. The highest BCUT2D eigenvalue weighted by Crippen LogP contribution is 2.25. The van der Waals surface area contributed by atoms with Crippen molar-refractivity contribution in [3.05, 3.63) is 29.3 Å². The van der Waals surface area contributed by atoms with Crippen molar-refractivity contribution in [3.63, 3.8) is 0 Å². The van der Waals surface area contributed by atoms with E-state index < -0.39 is 0 Å². The largest absolute Gasteiger partial charge is 0.496 e. The Morgan fingerprint density at radius 3 is 2.67 bits per heavy atom. The highest BCUT2D eigenvalue weighted by Gasteiger charge is 2.10. The van der Waals surface area contributed by atoms with Gasteiger partial charge in [0.05, 0.1) is 12.4 Å². The summed E-state index contributed by atoms with van der Waals surface area (Å²) < 4.78 is 5.24. The van der Waals surface area contributed by atoms with Crippen molar-refractivity contribution >= 4 is 37.6 Å².